The van der Waals surface area contributed by atoms with E-state index in [1.807, 2.05) is 0 Å². The Hall–Kier alpha value is -2.20. The van der Waals surface area contributed by atoms with E-state index in [1.165, 1.54) is 0 Å². The van der Waals surface area contributed by atoms with Crippen LogP contribution in [0.25, 0.3) is 0 Å². The fourth-order valence-electron chi connectivity index (χ4n) is 6.19. The zero-order valence-electron chi connectivity index (χ0n) is 20.6. The van der Waals surface area contributed by atoms with Gasteiger partial charge in [-0.05, 0) is 58.9 Å². The van der Waals surface area contributed by atoms with Gasteiger partial charge in [-0.25, -0.2) is 0 Å². The summed E-state index contributed by atoms with van der Waals surface area (Å²) in [6.45, 7) is 7.93. The Balaban J connectivity index is 1.60. The molecule has 1 spiro atoms. The lowest BCUT2D eigenvalue weighted by molar-refractivity contribution is -0.136. The molecule has 10 heteroatoms. The predicted octanol–water partition coefficient (Wildman–Crippen LogP) is -0.435. The van der Waals surface area contributed by atoms with Crippen LogP contribution < -0.4 is 16.4 Å². The second-order valence-corrected chi connectivity index (χ2v) is 10.8. The summed E-state index contributed by atoms with van der Waals surface area (Å²) in [7, 11) is 0. The molecule has 0 aliphatic carbocycles. The zero-order valence-corrected chi connectivity index (χ0v) is 20.6. The fraction of sp³-hybridized carbons (Fsp3) is 0.833. The van der Waals surface area contributed by atoms with Gasteiger partial charge in [0, 0.05) is 44.7 Å². The van der Waals surface area contributed by atoms with Crippen molar-refractivity contribution < 1.29 is 19.2 Å². The molecule has 5 saturated heterocycles. The second kappa shape index (κ2) is 10.2. The normalized spacial score (nSPS) is 30.1. The quantitative estimate of drug-likeness (QED) is 0.496. The molecule has 0 saturated carbocycles. The van der Waals surface area contributed by atoms with Crippen molar-refractivity contribution in [3.8, 4) is 0 Å². The van der Waals surface area contributed by atoms with Crippen molar-refractivity contribution in [2.75, 3.05) is 32.7 Å². The molecule has 5 aliphatic rings. The third-order valence-corrected chi connectivity index (χ3v) is 8.31. The number of nitrogens with zero attached hydrogens (tertiary/aromatic N) is 3. The Kier molecular flexibility index (Phi) is 7.47. The lowest BCUT2D eigenvalue weighted by Crippen LogP contribution is -2.61. The minimum atomic E-state index is -1.05. The lowest BCUT2D eigenvalue weighted by atomic mass is 9.83. The van der Waals surface area contributed by atoms with E-state index in [0.717, 1.165) is 45.3 Å². The van der Waals surface area contributed by atoms with Crippen molar-refractivity contribution in [3.05, 3.63) is 0 Å². The average molecular weight is 477 g/mol. The largest absolute Gasteiger partial charge is 0.368 e. The summed E-state index contributed by atoms with van der Waals surface area (Å²) in [5.41, 5.74) is 4.88. The standard InChI is InChI=1S/C24H40N6O4/c1-16(2)28-12-7-24(8-13-28)15-20(31)26-18(22(25)33)14-21(32)29-10-5-17(6-11-29)30-9-3-4-19(30)23(34)27-24/h16-19H,3-15H2,1-2H3,(H2,25,33)(H,26,31)(H,27,34)/t18-,19-/m0/s1. The van der Waals surface area contributed by atoms with Gasteiger partial charge in [0.2, 0.25) is 23.6 Å². The predicted molar refractivity (Wildman–Crippen MR) is 127 cm³/mol. The molecule has 0 aromatic carbocycles. The molecule has 5 fully saturated rings. The molecule has 5 rings (SSSR count). The van der Waals surface area contributed by atoms with E-state index in [0.29, 0.717) is 32.0 Å². The van der Waals surface area contributed by atoms with E-state index in [1.54, 1.807) is 4.90 Å². The van der Waals surface area contributed by atoms with Crippen LogP contribution in [-0.4, -0.2) is 101 Å². The van der Waals surface area contributed by atoms with Crippen molar-refractivity contribution in [1.82, 2.24) is 25.3 Å². The lowest BCUT2D eigenvalue weighted by Gasteiger charge is -2.45. The van der Waals surface area contributed by atoms with Gasteiger partial charge in [-0.1, -0.05) is 0 Å². The van der Waals surface area contributed by atoms with Gasteiger partial charge >= 0.3 is 0 Å². The number of rotatable bonds is 2. The summed E-state index contributed by atoms with van der Waals surface area (Å²) in [5.74, 6) is -1.23. The van der Waals surface area contributed by atoms with Gasteiger partial charge in [0.1, 0.15) is 6.04 Å². The van der Waals surface area contributed by atoms with Crippen LogP contribution in [-0.2, 0) is 19.2 Å². The van der Waals surface area contributed by atoms with Crippen molar-refractivity contribution in [1.29, 1.82) is 0 Å². The van der Waals surface area contributed by atoms with E-state index >= 15 is 0 Å². The van der Waals surface area contributed by atoms with Crippen molar-refractivity contribution in [2.24, 2.45) is 5.73 Å². The fourth-order valence-corrected chi connectivity index (χ4v) is 6.19. The minimum absolute atomic E-state index is 0.00289. The maximum absolute atomic E-state index is 13.6. The molecule has 34 heavy (non-hydrogen) atoms. The molecular weight excluding hydrogens is 436 g/mol. The molecule has 0 aromatic heterocycles. The Morgan fingerprint density at radius 3 is 2.32 bits per heavy atom. The van der Waals surface area contributed by atoms with Crippen LogP contribution in [0.15, 0.2) is 0 Å². The van der Waals surface area contributed by atoms with Crippen LogP contribution in [0.2, 0.25) is 0 Å². The van der Waals surface area contributed by atoms with Crippen molar-refractivity contribution >= 4 is 23.6 Å². The Bertz CT molecular complexity index is 801. The number of fused-ring (bicyclic) bond motifs is 8. The third kappa shape index (κ3) is 5.38. The molecule has 190 valence electrons. The van der Waals surface area contributed by atoms with E-state index in [-0.39, 0.29) is 42.6 Å². The monoisotopic (exact) mass is 476 g/mol. The Morgan fingerprint density at radius 1 is 1.03 bits per heavy atom. The van der Waals surface area contributed by atoms with Crippen molar-refractivity contribution in [2.45, 2.75) is 94.9 Å². The Morgan fingerprint density at radius 2 is 1.71 bits per heavy atom. The molecule has 2 bridgehead atoms. The summed E-state index contributed by atoms with van der Waals surface area (Å²) in [6, 6.07) is -0.587. The molecule has 0 radical (unpaired) electrons. The number of piperidine rings is 2. The summed E-state index contributed by atoms with van der Waals surface area (Å²) in [6.07, 6.45) is 4.67. The van der Waals surface area contributed by atoms with Gasteiger partial charge in [-0.2, -0.15) is 0 Å². The number of likely N-dealkylation sites (tertiary alicyclic amines) is 1. The number of carbonyl (C=O) groups excluding carboxylic acids is 4. The van der Waals surface area contributed by atoms with Crippen LogP contribution in [0.1, 0.15) is 65.2 Å². The van der Waals surface area contributed by atoms with Gasteiger partial charge in [-0.15, -0.1) is 0 Å². The highest BCUT2D eigenvalue weighted by Gasteiger charge is 2.44. The molecule has 4 N–H and O–H groups in total. The van der Waals surface area contributed by atoms with Crippen LogP contribution in [0, 0.1) is 0 Å². The molecule has 10 nitrogen and oxygen atoms in total. The summed E-state index contributed by atoms with van der Waals surface area (Å²) >= 11 is 0. The van der Waals surface area contributed by atoms with E-state index in [9.17, 15) is 19.2 Å². The van der Waals surface area contributed by atoms with Gasteiger partial charge in [0.25, 0.3) is 0 Å². The van der Waals surface area contributed by atoms with Gasteiger partial charge < -0.3 is 26.2 Å². The maximum atomic E-state index is 13.6. The number of hydrogen-bond acceptors (Lipinski definition) is 6. The smallest absolute Gasteiger partial charge is 0.240 e. The number of nitrogens with one attached hydrogen (secondary N) is 2. The molecule has 0 unspecified atom stereocenters. The van der Waals surface area contributed by atoms with E-state index in [4.69, 9.17) is 5.73 Å². The Labute approximate surface area is 201 Å². The molecule has 4 amide bonds. The minimum Gasteiger partial charge on any atom is -0.368 e. The number of amides is 4. The second-order valence-electron chi connectivity index (χ2n) is 10.8. The van der Waals surface area contributed by atoms with Crippen LogP contribution in [0.3, 0.4) is 0 Å². The first-order chi connectivity index (χ1) is 16.2. The summed E-state index contributed by atoms with van der Waals surface area (Å²) in [4.78, 5) is 58.1. The molecule has 5 aliphatic heterocycles. The summed E-state index contributed by atoms with van der Waals surface area (Å²) < 4.78 is 0. The van der Waals surface area contributed by atoms with E-state index < -0.39 is 17.5 Å². The van der Waals surface area contributed by atoms with Gasteiger partial charge in [0.05, 0.1) is 18.0 Å². The SMILES string of the molecule is CC(C)N1CCC2(CC1)CC(=O)N[C@H](C(N)=O)CC(=O)N1CCC(CC1)N1CCC[C@H]1C(=O)N2. The first-order valence-corrected chi connectivity index (χ1v) is 12.9. The maximum Gasteiger partial charge on any atom is 0.240 e. The zero-order chi connectivity index (χ0) is 24.5. The first-order valence-electron chi connectivity index (χ1n) is 12.9. The third-order valence-electron chi connectivity index (χ3n) is 8.31. The topological polar surface area (TPSA) is 128 Å². The van der Waals surface area contributed by atoms with Crippen molar-refractivity contribution in [3.63, 3.8) is 0 Å². The summed E-state index contributed by atoms with van der Waals surface area (Å²) in [5, 5.41) is 6.02. The highest BCUT2D eigenvalue weighted by molar-refractivity contribution is 5.92. The number of carbonyl (C=O) groups is 4. The number of nitrogens with two attached hydrogens (primary N) is 1. The first kappa shape index (κ1) is 24.9. The molecule has 0 aromatic rings. The molecular formula is C24H40N6O4. The molecule has 2 atom stereocenters. The highest BCUT2D eigenvalue weighted by atomic mass is 16.2. The number of hydrogen-bond donors (Lipinski definition) is 3. The molecule has 5 heterocycles. The van der Waals surface area contributed by atoms with Crippen LogP contribution in [0.4, 0.5) is 0 Å². The average Bonchev–Trinajstić information content (AvgIpc) is 3.28. The van der Waals surface area contributed by atoms with Crippen LogP contribution >= 0.6 is 0 Å². The number of primary amides is 1. The van der Waals surface area contributed by atoms with Crippen LogP contribution in [0.5, 0.6) is 0 Å². The highest BCUT2D eigenvalue weighted by Crippen LogP contribution is 2.31. The van der Waals surface area contributed by atoms with E-state index in [2.05, 4.69) is 34.3 Å². The van der Waals surface area contributed by atoms with Gasteiger partial charge in [-0.3, -0.25) is 24.1 Å². The van der Waals surface area contributed by atoms with Gasteiger partial charge in [0.15, 0.2) is 0 Å².